The molecule has 0 spiro atoms. The fraction of sp³-hybridized carbons (Fsp3) is 0.391. The molecule has 0 radical (unpaired) electrons. The molecule has 0 heterocycles. The standard InChI is InChI=1S/C23H32N4O2.HI/c1-6-24-23(27(4)17-20-11-7-8-13-21(20)29-5)25-15-14-18-10-9-12-19(16-18)22(28)26(2)3;/h7-13,16H,6,14-15,17H2,1-5H3,(H,24,25);1H. The summed E-state index contributed by atoms with van der Waals surface area (Å²) in [6.45, 7) is 4.19. The molecule has 0 saturated carbocycles. The number of hydrogen-bond donors (Lipinski definition) is 1. The van der Waals surface area contributed by atoms with Crippen LogP contribution in [0.25, 0.3) is 0 Å². The Kier molecular flexibility index (Phi) is 11.2. The number of nitrogens with zero attached hydrogens (tertiary/aromatic N) is 3. The Labute approximate surface area is 197 Å². The fourth-order valence-electron chi connectivity index (χ4n) is 3.04. The molecule has 30 heavy (non-hydrogen) atoms. The summed E-state index contributed by atoms with van der Waals surface area (Å²) in [6, 6.07) is 15.8. The Morgan fingerprint density at radius 1 is 1.10 bits per heavy atom. The van der Waals surface area contributed by atoms with Gasteiger partial charge < -0.3 is 19.9 Å². The molecule has 6 nitrogen and oxygen atoms in total. The van der Waals surface area contributed by atoms with Crippen molar-refractivity contribution in [3.8, 4) is 5.75 Å². The van der Waals surface area contributed by atoms with Gasteiger partial charge in [0.15, 0.2) is 5.96 Å². The number of hydrogen-bond acceptors (Lipinski definition) is 3. The molecule has 1 N–H and O–H groups in total. The quantitative estimate of drug-likeness (QED) is 0.326. The van der Waals surface area contributed by atoms with Crippen LogP contribution in [0.5, 0.6) is 5.75 Å². The van der Waals surface area contributed by atoms with Crippen molar-refractivity contribution in [2.45, 2.75) is 19.9 Å². The van der Waals surface area contributed by atoms with Crippen LogP contribution >= 0.6 is 24.0 Å². The van der Waals surface area contributed by atoms with E-state index >= 15 is 0 Å². The number of para-hydroxylation sites is 1. The number of halogens is 1. The van der Waals surface area contributed by atoms with Crippen LogP contribution in [0.3, 0.4) is 0 Å². The number of nitrogens with one attached hydrogen (secondary N) is 1. The van der Waals surface area contributed by atoms with E-state index in [1.807, 2.05) is 49.5 Å². The fourth-order valence-corrected chi connectivity index (χ4v) is 3.04. The zero-order chi connectivity index (χ0) is 21.2. The van der Waals surface area contributed by atoms with Gasteiger partial charge in [-0.05, 0) is 37.1 Å². The second-order valence-electron chi connectivity index (χ2n) is 7.05. The average molecular weight is 524 g/mol. The molecular formula is C23H33IN4O2. The first-order valence-corrected chi connectivity index (χ1v) is 9.88. The third-order valence-electron chi connectivity index (χ3n) is 4.54. The Balaban J connectivity index is 0.00000450. The molecule has 0 saturated heterocycles. The van der Waals surface area contributed by atoms with Gasteiger partial charge in [-0.15, -0.1) is 24.0 Å². The molecule has 0 unspecified atom stereocenters. The van der Waals surface area contributed by atoms with Gasteiger partial charge in [0, 0.05) is 51.9 Å². The summed E-state index contributed by atoms with van der Waals surface area (Å²) >= 11 is 0. The number of benzene rings is 2. The molecule has 0 aliphatic rings. The Hall–Kier alpha value is -2.29. The molecule has 0 aliphatic heterocycles. The minimum Gasteiger partial charge on any atom is -0.496 e. The second kappa shape index (κ2) is 13.1. The smallest absolute Gasteiger partial charge is 0.253 e. The lowest BCUT2D eigenvalue weighted by Crippen LogP contribution is -2.38. The predicted octanol–water partition coefficient (Wildman–Crippen LogP) is 3.66. The molecule has 0 bridgehead atoms. The first-order valence-electron chi connectivity index (χ1n) is 9.88. The van der Waals surface area contributed by atoms with Gasteiger partial charge in [0.1, 0.15) is 5.75 Å². The van der Waals surface area contributed by atoms with Crippen LogP contribution in [0.2, 0.25) is 0 Å². The number of guanidine groups is 1. The molecule has 1 amide bonds. The van der Waals surface area contributed by atoms with Crippen molar-refractivity contribution in [3.63, 3.8) is 0 Å². The summed E-state index contributed by atoms with van der Waals surface area (Å²) in [5, 5.41) is 3.35. The summed E-state index contributed by atoms with van der Waals surface area (Å²) in [6.07, 6.45) is 0.770. The lowest BCUT2D eigenvalue weighted by molar-refractivity contribution is 0.0827. The van der Waals surface area contributed by atoms with E-state index in [1.165, 1.54) is 0 Å². The van der Waals surface area contributed by atoms with E-state index in [4.69, 9.17) is 9.73 Å². The van der Waals surface area contributed by atoms with Crippen LogP contribution in [0.4, 0.5) is 0 Å². The van der Waals surface area contributed by atoms with Gasteiger partial charge in [-0.2, -0.15) is 0 Å². The van der Waals surface area contributed by atoms with Crippen LogP contribution in [0.1, 0.15) is 28.4 Å². The topological polar surface area (TPSA) is 57.2 Å². The molecule has 2 aromatic rings. The molecule has 164 valence electrons. The average Bonchev–Trinajstić information content (AvgIpc) is 2.73. The normalized spacial score (nSPS) is 10.8. The van der Waals surface area contributed by atoms with Crippen molar-refractivity contribution in [1.29, 1.82) is 0 Å². The van der Waals surface area contributed by atoms with Gasteiger partial charge in [-0.1, -0.05) is 30.3 Å². The Morgan fingerprint density at radius 2 is 1.83 bits per heavy atom. The van der Waals surface area contributed by atoms with Crippen molar-refractivity contribution in [2.75, 3.05) is 41.3 Å². The third-order valence-corrected chi connectivity index (χ3v) is 4.54. The molecule has 0 fully saturated rings. The van der Waals surface area contributed by atoms with E-state index in [0.717, 1.165) is 35.8 Å². The number of amides is 1. The zero-order valence-electron chi connectivity index (χ0n) is 18.5. The summed E-state index contributed by atoms with van der Waals surface area (Å²) in [5.74, 6) is 1.73. The molecule has 2 aromatic carbocycles. The highest BCUT2D eigenvalue weighted by Crippen LogP contribution is 2.18. The maximum Gasteiger partial charge on any atom is 0.253 e. The molecule has 2 rings (SSSR count). The summed E-state index contributed by atoms with van der Waals surface area (Å²) in [7, 11) is 7.23. The number of carbonyl (C=O) groups excluding carboxylic acids is 1. The van der Waals surface area contributed by atoms with Gasteiger partial charge in [0.05, 0.1) is 7.11 Å². The Bertz CT molecular complexity index is 839. The largest absolute Gasteiger partial charge is 0.496 e. The van der Waals surface area contributed by atoms with Crippen LogP contribution in [-0.4, -0.2) is 63.0 Å². The maximum atomic E-state index is 12.2. The van der Waals surface area contributed by atoms with E-state index < -0.39 is 0 Å². The van der Waals surface area contributed by atoms with E-state index in [0.29, 0.717) is 18.7 Å². The van der Waals surface area contributed by atoms with Crippen molar-refractivity contribution >= 4 is 35.8 Å². The van der Waals surface area contributed by atoms with E-state index in [1.54, 1.807) is 26.1 Å². The highest BCUT2D eigenvalue weighted by molar-refractivity contribution is 14.0. The number of carbonyl (C=O) groups is 1. The number of rotatable bonds is 8. The van der Waals surface area contributed by atoms with Crippen LogP contribution in [-0.2, 0) is 13.0 Å². The second-order valence-corrected chi connectivity index (χ2v) is 7.05. The maximum absolute atomic E-state index is 12.2. The first kappa shape index (κ1) is 25.7. The highest BCUT2D eigenvalue weighted by Gasteiger charge is 2.10. The number of ether oxygens (including phenoxy) is 1. The SMILES string of the molecule is CCNC(=NCCc1cccc(C(=O)N(C)C)c1)N(C)Cc1ccccc1OC.I. The van der Waals surface area contributed by atoms with Crippen molar-refractivity contribution in [3.05, 3.63) is 65.2 Å². The van der Waals surface area contributed by atoms with E-state index in [9.17, 15) is 4.79 Å². The minimum atomic E-state index is 0. The first-order chi connectivity index (χ1) is 14.0. The van der Waals surface area contributed by atoms with Gasteiger partial charge in [0.2, 0.25) is 0 Å². The van der Waals surface area contributed by atoms with Gasteiger partial charge in [-0.3, -0.25) is 9.79 Å². The van der Waals surface area contributed by atoms with Crippen molar-refractivity contribution < 1.29 is 9.53 Å². The third kappa shape index (κ3) is 7.51. The van der Waals surface area contributed by atoms with Gasteiger partial charge >= 0.3 is 0 Å². The van der Waals surface area contributed by atoms with Crippen LogP contribution < -0.4 is 10.1 Å². The van der Waals surface area contributed by atoms with Crippen LogP contribution in [0.15, 0.2) is 53.5 Å². The predicted molar refractivity (Wildman–Crippen MR) is 134 cm³/mol. The zero-order valence-corrected chi connectivity index (χ0v) is 20.8. The summed E-state index contributed by atoms with van der Waals surface area (Å²) in [5.41, 5.74) is 2.92. The molecular weight excluding hydrogens is 491 g/mol. The van der Waals surface area contributed by atoms with Crippen LogP contribution in [0, 0.1) is 0 Å². The van der Waals surface area contributed by atoms with Crippen molar-refractivity contribution in [2.24, 2.45) is 4.99 Å². The highest BCUT2D eigenvalue weighted by atomic mass is 127. The number of methoxy groups -OCH3 is 1. The lowest BCUT2D eigenvalue weighted by atomic mass is 10.1. The molecule has 7 heteroatoms. The molecule has 0 atom stereocenters. The molecule has 0 aromatic heterocycles. The lowest BCUT2D eigenvalue weighted by Gasteiger charge is -2.23. The summed E-state index contributed by atoms with van der Waals surface area (Å²) < 4.78 is 5.45. The van der Waals surface area contributed by atoms with Crippen molar-refractivity contribution in [1.82, 2.24) is 15.1 Å². The van der Waals surface area contributed by atoms with E-state index in [-0.39, 0.29) is 29.9 Å². The van der Waals surface area contributed by atoms with Gasteiger partial charge in [0.25, 0.3) is 5.91 Å². The van der Waals surface area contributed by atoms with E-state index in [2.05, 4.69) is 23.2 Å². The Morgan fingerprint density at radius 3 is 2.50 bits per heavy atom. The minimum absolute atomic E-state index is 0. The summed E-state index contributed by atoms with van der Waals surface area (Å²) in [4.78, 5) is 20.6. The van der Waals surface area contributed by atoms with Gasteiger partial charge in [-0.25, -0.2) is 0 Å². The monoisotopic (exact) mass is 524 g/mol. The molecule has 0 aliphatic carbocycles. The number of aliphatic imine (C=N–C) groups is 1.